The summed E-state index contributed by atoms with van der Waals surface area (Å²) in [5.41, 5.74) is 2.70. The van der Waals surface area contributed by atoms with Gasteiger partial charge in [-0.2, -0.15) is 0 Å². The molecule has 0 amide bonds. The molecule has 2 nitrogen and oxygen atoms in total. The molecule has 0 aromatic heterocycles. The van der Waals surface area contributed by atoms with Crippen LogP contribution in [0.25, 0.3) is 0 Å². The summed E-state index contributed by atoms with van der Waals surface area (Å²) >= 11 is 0. The van der Waals surface area contributed by atoms with Crippen LogP contribution in [0.5, 0.6) is 0 Å². The van der Waals surface area contributed by atoms with Crippen LogP contribution in [-0.4, -0.2) is 25.8 Å². The van der Waals surface area contributed by atoms with Gasteiger partial charge in [-0.3, -0.25) is 0 Å². The van der Waals surface area contributed by atoms with Crippen LogP contribution in [0, 0.1) is 0 Å². The number of anilines is 1. The third-order valence-corrected chi connectivity index (χ3v) is 3.81. The van der Waals surface area contributed by atoms with Crippen LogP contribution in [0.2, 0.25) is 0 Å². The van der Waals surface area contributed by atoms with Gasteiger partial charge in [0, 0.05) is 25.4 Å². The average molecular weight is 259 g/mol. The largest absolute Gasteiger partial charge is 0.377 e. The Morgan fingerprint density at radius 2 is 2.11 bits per heavy atom. The second-order valence-electron chi connectivity index (χ2n) is 5.22. The molecular formula is C17H25NO. The molecule has 1 fully saturated rings. The van der Waals surface area contributed by atoms with Crippen molar-refractivity contribution in [1.29, 1.82) is 0 Å². The molecule has 0 radical (unpaired) electrons. The highest BCUT2D eigenvalue weighted by Gasteiger charge is 2.22. The van der Waals surface area contributed by atoms with E-state index in [4.69, 9.17) is 4.74 Å². The zero-order valence-electron chi connectivity index (χ0n) is 12.3. The molecule has 1 aliphatic rings. The number of allylic oxidation sites excluding steroid dienone is 2. The first kappa shape index (κ1) is 14.1. The van der Waals surface area contributed by atoms with E-state index in [0.29, 0.717) is 12.0 Å². The smallest absolute Gasteiger partial charge is 0.0766 e. The van der Waals surface area contributed by atoms with E-state index in [1.165, 1.54) is 11.3 Å². The van der Waals surface area contributed by atoms with E-state index in [1.54, 1.807) is 0 Å². The highest BCUT2D eigenvalue weighted by molar-refractivity contribution is 5.49. The van der Waals surface area contributed by atoms with Crippen molar-refractivity contribution < 1.29 is 4.74 Å². The van der Waals surface area contributed by atoms with Crippen molar-refractivity contribution in [3.63, 3.8) is 0 Å². The van der Waals surface area contributed by atoms with Gasteiger partial charge in [0.2, 0.25) is 0 Å². The summed E-state index contributed by atoms with van der Waals surface area (Å²) in [7, 11) is 0. The normalized spacial score (nSPS) is 21.2. The molecule has 1 saturated heterocycles. The molecule has 1 aromatic rings. The lowest BCUT2D eigenvalue weighted by Gasteiger charge is -2.19. The Bertz CT molecular complexity index is 410. The number of hydrogen-bond donors (Lipinski definition) is 0. The van der Waals surface area contributed by atoms with Gasteiger partial charge in [0.25, 0.3) is 0 Å². The van der Waals surface area contributed by atoms with Gasteiger partial charge < -0.3 is 9.64 Å². The third-order valence-electron chi connectivity index (χ3n) is 3.81. The van der Waals surface area contributed by atoms with E-state index in [2.05, 4.69) is 62.1 Å². The fourth-order valence-electron chi connectivity index (χ4n) is 2.72. The molecule has 0 saturated carbocycles. The van der Waals surface area contributed by atoms with Gasteiger partial charge in [-0.05, 0) is 43.9 Å². The molecule has 2 rings (SSSR count). The highest BCUT2D eigenvalue weighted by Crippen LogP contribution is 2.25. The van der Waals surface area contributed by atoms with E-state index in [-0.39, 0.29) is 0 Å². The Labute approximate surface area is 117 Å². The molecule has 1 unspecified atom stereocenters. The Balaban J connectivity index is 1.99. The molecule has 2 heteroatoms. The molecule has 1 aliphatic heterocycles. The Kier molecular flexibility index (Phi) is 5.03. The molecule has 2 atom stereocenters. The van der Waals surface area contributed by atoms with Crippen molar-refractivity contribution in [2.24, 2.45) is 0 Å². The number of nitrogens with zero attached hydrogens (tertiary/aromatic N) is 1. The summed E-state index contributed by atoms with van der Waals surface area (Å²) in [4.78, 5) is 2.42. The van der Waals surface area contributed by atoms with Gasteiger partial charge in [-0.15, -0.1) is 0 Å². The van der Waals surface area contributed by atoms with Crippen molar-refractivity contribution in [2.75, 3.05) is 24.6 Å². The molecule has 0 spiro atoms. The minimum Gasteiger partial charge on any atom is -0.377 e. The summed E-state index contributed by atoms with van der Waals surface area (Å²) in [6.45, 7) is 9.32. The van der Waals surface area contributed by atoms with Gasteiger partial charge in [-0.25, -0.2) is 0 Å². The lowest BCUT2D eigenvalue weighted by molar-refractivity contribution is 0.0787. The molecule has 19 heavy (non-hydrogen) atoms. The van der Waals surface area contributed by atoms with Crippen molar-refractivity contribution in [1.82, 2.24) is 0 Å². The lowest BCUT2D eigenvalue weighted by atomic mass is 10.0. The van der Waals surface area contributed by atoms with Crippen molar-refractivity contribution in [3.8, 4) is 0 Å². The lowest BCUT2D eigenvalue weighted by Crippen LogP contribution is -2.22. The number of benzene rings is 1. The number of rotatable bonds is 5. The minimum absolute atomic E-state index is 0.409. The zero-order valence-corrected chi connectivity index (χ0v) is 12.3. The topological polar surface area (TPSA) is 12.5 Å². The monoisotopic (exact) mass is 259 g/mol. The van der Waals surface area contributed by atoms with Crippen LogP contribution in [0.1, 0.15) is 38.7 Å². The summed E-state index contributed by atoms with van der Waals surface area (Å²) < 4.78 is 5.70. The van der Waals surface area contributed by atoms with Crippen LogP contribution in [0.4, 0.5) is 5.69 Å². The zero-order chi connectivity index (χ0) is 13.7. The van der Waals surface area contributed by atoms with E-state index in [0.717, 1.165) is 26.1 Å². The summed E-state index contributed by atoms with van der Waals surface area (Å²) in [5.74, 6) is 0.494. The van der Waals surface area contributed by atoms with E-state index >= 15 is 0 Å². The fourth-order valence-corrected chi connectivity index (χ4v) is 2.72. The van der Waals surface area contributed by atoms with E-state index < -0.39 is 0 Å². The maximum atomic E-state index is 5.70. The first-order valence-corrected chi connectivity index (χ1v) is 7.34. The SMILES string of the molecule is CC=CC(C)c1ccc(N2CC[C@H](OCC)C2)cc1. The van der Waals surface area contributed by atoms with Crippen LogP contribution >= 0.6 is 0 Å². The number of ether oxygens (including phenoxy) is 1. The third kappa shape index (κ3) is 3.60. The van der Waals surface area contributed by atoms with Gasteiger partial charge >= 0.3 is 0 Å². The van der Waals surface area contributed by atoms with Crippen LogP contribution in [-0.2, 0) is 4.74 Å². The highest BCUT2D eigenvalue weighted by atomic mass is 16.5. The average Bonchev–Trinajstić information content (AvgIpc) is 2.88. The van der Waals surface area contributed by atoms with Gasteiger partial charge in [0.15, 0.2) is 0 Å². The quantitative estimate of drug-likeness (QED) is 0.742. The summed E-state index contributed by atoms with van der Waals surface area (Å²) in [6.07, 6.45) is 5.90. The minimum atomic E-state index is 0.409. The van der Waals surface area contributed by atoms with Crippen LogP contribution < -0.4 is 4.90 Å². The molecule has 1 heterocycles. The van der Waals surface area contributed by atoms with E-state index in [1.807, 2.05) is 0 Å². The van der Waals surface area contributed by atoms with E-state index in [9.17, 15) is 0 Å². The molecule has 0 N–H and O–H groups in total. The van der Waals surface area contributed by atoms with Crippen molar-refractivity contribution >= 4 is 5.69 Å². The first-order valence-electron chi connectivity index (χ1n) is 7.34. The van der Waals surface area contributed by atoms with Gasteiger partial charge in [0.05, 0.1) is 6.10 Å². The molecular weight excluding hydrogens is 234 g/mol. The molecule has 104 valence electrons. The standard InChI is InChI=1S/C17H25NO/c1-4-6-14(3)15-7-9-16(10-8-15)18-12-11-17(13-18)19-5-2/h4,6-10,14,17H,5,11-13H2,1-3H3/t14?,17-/m0/s1. The predicted octanol–water partition coefficient (Wildman–Crippen LogP) is 3.98. The maximum Gasteiger partial charge on any atom is 0.0766 e. The van der Waals surface area contributed by atoms with Crippen LogP contribution in [0.15, 0.2) is 36.4 Å². The molecule has 1 aromatic carbocycles. The molecule has 0 bridgehead atoms. The second kappa shape index (κ2) is 6.76. The Morgan fingerprint density at radius 3 is 2.74 bits per heavy atom. The Hall–Kier alpha value is -1.28. The fraction of sp³-hybridized carbons (Fsp3) is 0.529. The van der Waals surface area contributed by atoms with Gasteiger partial charge in [0.1, 0.15) is 0 Å². The Morgan fingerprint density at radius 1 is 1.37 bits per heavy atom. The number of hydrogen-bond acceptors (Lipinski definition) is 2. The van der Waals surface area contributed by atoms with Crippen LogP contribution in [0.3, 0.4) is 0 Å². The van der Waals surface area contributed by atoms with Gasteiger partial charge in [-0.1, -0.05) is 31.2 Å². The van der Waals surface area contributed by atoms with Crippen molar-refractivity contribution in [3.05, 3.63) is 42.0 Å². The summed E-state index contributed by atoms with van der Waals surface area (Å²) in [6, 6.07) is 8.97. The molecule has 0 aliphatic carbocycles. The maximum absolute atomic E-state index is 5.70. The predicted molar refractivity (Wildman–Crippen MR) is 81.9 cm³/mol. The second-order valence-corrected chi connectivity index (χ2v) is 5.22. The van der Waals surface area contributed by atoms with Crippen molar-refractivity contribution in [2.45, 2.75) is 39.2 Å². The summed E-state index contributed by atoms with van der Waals surface area (Å²) in [5, 5.41) is 0. The first-order chi connectivity index (χ1) is 9.24.